The van der Waals surface area contributed by atoms with Crippen LogP contribution in [0.3, 0.4) is 0 Å². The summed E-state index contributed by atoms with van der Waals surface area (Å²) in [5, 5.41) is 10.3. The number of benzene rings is 1. The monoisotopic (exact) mass is 336 g/mol. The van der Waals surface area contributed by atoms with Gasteiger partial charge in [-0.2, -0.15) is 0 Å². The molecule has 0 radical (unpaired) electrons. The summed E-state index contributed by atoms with van der Waals surface area (Å²) in [4.78, 5) is 29.1. The molecule has 1 aromatic rings. The number of hydrogen-bond donors (Lipinski definition) is 1. The Morgan fingerprint density at radius 1 is 1.00 bits per heavy atom. The minimum Gasteiger partial charge on any atom is -0.508 e. The van der Waals surface area contributed by atoms with Gasteiger partial charge in [-0.3, -0.25) is 9.59 Å². The van der Waals surface area contributed by atoms with Crippen LogP contribution >= 0.6 is 0 Å². The minimum absolute atomic E-state index is 0.0817. The summed E-state index contributed by atoms with van der Waals surface area (Å²) in [6.45, 7) is 9.48. The van der Waals surface area contributed by atoms with Gasteiger partial charge in [0.25, 0.3) is 0 Å². The minimum atomic E-state index is -1.07. The lowest BCUT2D eigenvalue weighted by atomic mass is 9.94. The Labute approximate surface area is 144 Å². The van der Waals surface area contributed by atoms with E-state index in [1.807, 2.05) is 27.7 Å². The lowest BCUT2D eigenvalue weighted by Gasteiger charge is -2.29. The number of hydrogen-bond acceptors (Lipinski definition) is 4. The highest BCUT2D eigenvalue weighted by Crippen LogP contribution is 2.32. The van der Waals surface area contributed by atoms with Crippen LogP contribution in [0.25, 0.3) is 0 Å². The van der Waals surface area contributed by atoms with E-state index in [9.17, 15) is 14.7 Å². The molecule has 0 aliphatic carbocycles. The fraction of sp³-hybridized carbons (Fsp3) is 0.556. The highest BCUT2D eigenvalue weighted by Gasteiger charge is 2.35. The molecular weight excluding hydrogens is 308 g/mol. The van der Waals surface area contributed by atoms with Gasteiger partial charge in [-0.05, 0) is 45.9 Å². The third kappa shape index (κ3) is 4.19. The van der Waals surface area contributed by atoms with E-state index in [4.69, 9.17) is 4.74 Å². The molecule has 0 atom stereocenters. The number of carbonyl (C=O) groups excluding carboxylic acids is 2. The predicted octanol–water partition coefficient (Wildman–Crippen LogP) is 2.22. The van der Waals surface area contributed by atoms with Crippen molar-refractivity contribution in [2.45, 2.75) is 33.6 Å². The van der Waals surface area contributed by atoms with Crippen molar-refractivity contribution in [1.29, 1.82) is 0 Å². The summed E-state index contributed by atoms with van der Waals surface area (Å²) in [7, 11) is 1.50. The molecule has 134 valence electrons. The number of likely N-dealkylation sites (N-methyl/N-ethyl adjacent to an activating group) is 2. The van der Waals surface area contributed by atoms with Gasteiger partial charge in [0.05, 0.1) is 7.11 Å². The number of aromatic hydroxyl groups is 1. The van der Waals surface area contributed by atoms with Crippen molar-refractivity contribution in [3.63, 3.8) is 0 Å². The molecule has 0 bridgehead atoms. The molecule has 0 fully saturated rings. The quantitative estimate of drug-likeness (QED) is 0.739. The van der Waals surface area contributed by atoms with Gasteiger partial charge in [-0.1, -0.05) is 0 Å². The summed E-state index contributed by atoms with van der Waals surface area (Å²) < 4.78 is 5.18. The first-order chi connectivity index (χ1) is 11.4. The van der Waals surface area contributed by atoms with Gasteiger partial charge < -0.3 is 19.6 Å². The van der Waals surface area contributed by atoms with E-state index in [2.05, 4.69) is 0 Å². The summed E-state index contributed by atoms with van der Waals surface area (Å²) in [6.07, 6.45) is 0. The standard InChI is InChI=1S/C18H28N2O4/c1-6-19(7-2)17(22)16(18(23)20(8-3)9-4)14-12-13(24-5)10-11-15(14)21/h10-12,16,21H,6-9H2,1-5H3. The highest BCUT2D eigenvalue weighted by molar-refractivity contribution is 6.06. The number of amides is 2. The lowest BCUT2D eigenvalue weighted by molar-refractivity contribution is -0.142. The van der Waals surface area contributed by atoms with Gasteiger partial charge in [-0.25, -0.2) is 0 Å². The number of phenolic OH excluding ortho intramolecular Hbond substituents is 1. The van der Waals surface area contributed by atoms with Gasteiger partial charge in [0.1, 0.15) is 17.4 Å². The summed E-state index contributed by atoms with van der Waals surface area (Å²) >= 11 is 0. The molecule has 1 rings (SSSR count). The number of phenols is 1. The van der Waals surface area contributed by atoms with E-state index in [1.165, 1.54) is 13.2 Å². The average Bonchev–Trinajstić information content (AvgIpc) is 2.59. The molecule has 0 aromatic heterocycles. The van der Waals surface area contributed by atoms with E-state index in [-0.39, 0.29) is 23.1 Å². The SMILES string of the molecule is CCN(CC)C(=O)C(C(=O)N(CC)CC)c1cc(OC)ccc1O. The molecule has 0 saturated carbocycles. The van der Waals surface area contributed by atoms with E-state index in [0.717, 1.165) is 0 Å². The Balaban J connectivity index is 3.43. The van der Waals surface area contributed by atoms with Crippen molar-refractivity contribution < 1.29 is 19.4 Å². The van der Waals surface area contributed by atoms with Crippen LogP contribution in [0, 0.1) is 0 Å². The normalized spacial score (nSPS) is 10.6. The Morgan fingerprint density at radius 3 is 1.83 bits per heavy atom. The Morgan fingerprint density at radius 2 is 1.46 bits per heavy atom. The van der Waals surface area contributed by atoms with Gasteiger partial charge >= 0.3 is 0 Å². The van der Waals surface area contributed by atoms with Gasteiger partial charge in [0, 0.05) is 31.7 Å². The molecule has 6 nitrogen and oxygen atoms in total. The van der Waals surface area contributed by atoms with Crippen molar-refractivity contribution in [2.24, 2.45) is 0 Å². The third-order valence-corrected chi connectivity index (χ3v) is 4.19. The van der Waals surface area contributed by atoms with E-state index in [0.29, 0.717) is 31.9 Å². The molecule has 0 saturated heterocycles. The molecule has 24 heavy (non-hydrogen) atoms. The van der Waals surface area contributed by atoms with Crippen molar-refractivity contribution in [3.05, 3.63) is 23.8 Å². The second-order valence-corrected chi connectivity index (χ2v) is 5.38. The van der Waals surface area contributed by atoms with Crippen LogP contribution < -0.4 is 4.74 Å². The number of carbonyl (C=O) groups is 2. The largest absolute Gasteiger partial charge is 0.508 e. The fourth-order valence-electron chi connectivity index (χ4n) is 2.70. The zero-order valence-electron chi connectivity index (χ0n) is 15.2. The maximum absolute atomic E-state index is 13.0. The molecule has 0 aliphatic rings. The summed E-state index contributed by atoms with van der Waals surface area (Å²) in [5.74, 6) is -1.27. The van der Waals surface area contributed by atoms with Crippen LogP contribution in [0.1, 0.15) is 39.2 Å². The highest BCUT2D eigenvalue weighted by atomic mass is 16.5. The smallest absolute Gasteiger partial charge is 0.239 e. The zero-order valence-corrected chi connectivity index (χ0v) is 15.2. The van der Waals surface area contributed by atoms with Crippen LogP contribution in [0.4, 0.5) is 0 Å². The Bertz CT molecular complexity index is 542. The van der Waals surface area contributed by atoms with Crippen molar-refractivity contribution in [3.8, 4) is 11.5 Å². The predicted molar refractivity (Wildman–Crippen MR) is 93.3 cm³/mol. The summed E-state index contributed by atoms with van der Waals surface area (Å²) in [6, 6.07) is 4.61. The lowest BCUT2D eigenvalue weighted by Crippen LogP contribution is -2.44. The van der Waals surface area contributed by atoms with Gasteiger partial charge in [0.15, 0.2) is 0 Å². The maximum atomic E-state index is 13.0. The Hall–Kier alpha value is -2.24. The number of ether oxygens (including phenoxy) is 1. The number of methoxy groups -OCH3 is 1. The van der Waals surface area contributed by atoms with Crippen LogP contribution in [-0.4, -0.2) is 60.0 Å². The first-order valence-electron chi connectivity index (χ1n) is 8.39. The molecule has 2 amide bonds. The fourth-order valence-corrected chi connectivity index (χ4v) is 2.70. The van der Waals surface area contributed by atoms with E-state index >= 15 is 0 Å². The van der Waals surface area contributed by atoms with Crippen LogP contribution in [0.15, 0.2) is 18.2 Å². The molecule has 0 aliphatic heterocycles. The second-order valence-electron chi connectivity index (χ2n) is 5.38. The molecule has 0 unspecified atom stereocenters. The van der Waals surface area contributed by atoms with Crippen LogP contribution in [-0.2, 0) is 9.59 Å². The molecular formula is C18H28N2O4. The zero-order chi connectivity index (χ0) is 18.3. The van der Waals surface area contributed by atoms with Gasteiger partial charge in [-0.15, -0.1) is 0 Å². The number of nitrogens with zero attached hydrogens (tertiary/aromatic N) is 2. The molecule has 6 heteroatoms. The molecule has 1 N–H and O–H groups in total. The maximum Gasteiger partial charge on any atom is 0.239 e. The Kier molecular flexibility index (Phi) is 7.55. The molecule has 1 aromatic carbocycles. The third-order valence-electron chi connectivity index (χ3n) is 4.19. The average molecular weight is 336 g/mol. The van der Waals surface area contributed by atoms with Crippen molar-refractivity contribution in [1.82, 2.24) is 9.80 Å². The van der Waals surface area contributed by atoms with Crippen LogP contribution in [0.2, 0.25) is 0 Å². The van der Waals surface area contributed by atoms with Crippen molar-refractivity contribution in [2.75, 3.05) is 33.3 Å². The van der Waals surface area contributed by atoms with Gasteiger partial charge in [0.2, 0.25) is 11.8 Å². The van der Waals surface area contributed by atoms with E-state index < -0.39 is 5.92 Å². The number of rotatable bonds is 8. The second kappa shape index (κ2) is 9.15. The topological polar surface area (TPSA) is 70.1 Å². The van der Waals surface area contributed by atoms with E-state index in [1.54, 1.807) is 21.9 Å². The summed E-state index contributed by atoms with van der Waals surface area (Å²) in [5.41, 5.74) is 0.281. The first-order valence-corrected chi connectivity index (χ1v) is 8.39. The van der Waals surface area contributed by atoms with Crippen molar-refractivity contribution >= 4 is 11.8 Å². The molecule has 0 spiro atoms. The molecule has 0 heterocycles. The van der Waals surface area contributed by atoms with Crippen LogP contribution in [0.5, 0.6) is 11.5 Å². The first kappa shape index (κ1) is 19.8.